The van der Waals surface area contributed by atoms with Gasteiger partial charge in [0.1, 0.15) is 11.0 Å². The Kier molecular flexibility index (Phi) is 8.69. The second-order valence-electron chi connectivity index (χ2n) is 14.7. The minimum Gasteiger partial charge on any atom is -0.337 e. The molecule has 1 fully saturated rings. The summed E-state index contributed by atoms with van der Waals surface area (Å²) in [6.07, 6.45) is 25.1. The zero-order valence-electron chi connectivity index (χ0n) is 31.8. The molecule has 57 heavy (non-hydrogen) atoms. The zero-order valence-corrected chi connectivity index (χ0v) is 31.8. The molecule has 272 valence electrons. The minimum absolute atomic E-state index is 0.0940. The van der Waals surface area contributed by atoms with E-state index in [9.17, 15) is 0 Å². The van der Waals surface area contributed by atoms with Crippen molar-refractivity contribution in [3.05, 3.63) is 223 Å². The normalized spacial score (nSPS) is 19.0. The number of likely N-dealkylation sites (tertiary alicyclic amines) is 1. The van der Waals surface area contributed by atoms with Crippen LogP contribution in [0.1, 0.15) is 30.9 Å². The lowest BCUT2D eigenvalue weighted by Crippen LogP contribution is -2.30. The number of benzene rings is 4. The smallest absolute Gasteiger partial charge is 0.126 e. The van der Waals surface area contributed by atoms with Crippen LogP contribution < -0.4 is 0 Å². The average molecular weight is 733 g/mol. The van der Waals surface area contributed by atoms with Crippen LogP contribution >= 0.6 is 0 Å². The molecule has 4 heterocycles. The number of hydrogen-bond donors (Lipinski definition) is 0. The maximum atomic E-state index is 4.70. The molecule has 0 saturated carbocycles. The van der Waals surface area contributed by atoms with Crippen molar-refractivity contribution in [2.24, 2.45) is 5.92 Å². The van der Waals surface area contributed by atoms with Gasteiger partial charge in [-0.15, -0.1) is 0 Å². The van der Waals surface area contributed by atoms with Gasteiger partial charge in [-0.2, -0.15) is 4.98 Å². The van der Waals surface area contributed by atoms with Gasteiger partial charge in [0.15, 0.2) is 0 Å². The van der Waals surface area contributed by atoms with Crippen LogP contribution in [0.4, 0.5) is 0 Å². The molecule has 10 rings (SSSR count). The molecule has 3 aromatic heterocycles. The van der Waals surface area contributed by atoms with E-state index in [0.29, 0.717) is 0 Å². The SMILES string of the molecule is C=CC(=C1/C(=C\C)N(C2=CC=CCC2)[C@H]2C=CC(c3cccc(-c4cccc(-c5ccccc5)c4)c3)=CC12)c1cccc(-n2c3cc#cnc3c3ncccc32)c1. The van der Waals surface area contributed by atoms with Gasteiger partial charge in [-0.25, -0.2) is 0 Å². The van der Waals surface area contributed by atoms with Crippen molar-refractivity contribution in [1.29, 1.82) is 0 Å². The van der Waals surface area contributed by atoms with Gasteiger partial charge in [0, 0.05) is 41.5 Å². The molecule has 1 aliphatic heterocycles. The van der Waals surface area contributed by atoms with Crippen LogP contribution in [0.25, 0.3) is 61.2 Å². The van der Waals surface area contributed by atoms with E-state index in [1.54, 1.807) is 0 Å². The van der Waals surface area contributed by atoms with Crippen molar-refractivity contribution in [1.82, 2.24) is 19.4 Å². The summed E-state index contributed by atoms with van der Waals surface area (Å²) < 4.78 is 2.23. The van der Waals surface area contributed by atoms with Gasteiger partial charge in [-0.05, 0) is 118 Å². The predicted octanol–water partition coefficient (Wildman–Crippen LogP) is 12.5. The van der Waals surface area contributed by atoms with Crippen molar-refractivity contribution in [3.8, 4) is 27.9 Å². The highest BCUT2D eigenvalue weighted by atomic mass is 15.2. The number of nitrogens with zero attached hydrogens (tertiary/aromatic N) is 4. The third-order valence-corrected chi connectivity index (χ3v) is 11.5. The fraction of sp³-hybridized carbons (Fsp3) is 0.0943. The summed E-state index contributed by atoms with van der Waals surface area (Å²) in [7, 11) is 0. The van der Waals surface area contributed by atoms with Crippen LogP contribution in [0.5, 0.6) is 0 Å². The molecular formula is C53H40N4. The molecule has 0 amide bonds. The molecule has 4 heteroatoms. The molecule has 7 aromatic rings. The van der Waals surface area contributed by atoms with Crippen molar-refractivity contribution < 1.29 is 0 Å². The Morgan fingerprint density at radius 2 is 1.58 bits per heavy atom. The number of pyridine rings is 1. The van der Waals surface area contributed by atoms with E-state index in [4.69, 9.17) is 4.98 Å². The molecule has 0 bridgehead atoms. The van der Waals surface area contributed by atoms with Crippen molar-refractivity contribution in [2.45, 2.75) is 25.8 Å². The first-order valence-corrected chi connectivity index (χ1v) is 19.7. The lowest BCUT2D eigenvalue weighted by atomic mass is 9.82. The number of aromatic nitrogens is 3. The lowest BCUT2D eigenvalue weighted by Gasteiger charge is -2.31. The fourth-order valence-electron chi connectivity index (χ4n) is 8.98. The van der Waals surface area contributed by atoms with Gasteiger partial charge >= 0.3 is 0 Å². The second kappa shape index (κ2) is 14.5. The molecule has 2 atom stereocenters. The molecule has 2 aliphatic carbocycles. The van der Waals surface area contributed by atoms with E-state index in [-0.39, 0.29) is 12.0 Å². The molecule has 1 saturated heterocycles. The number of hydrogen-bond acceptors (Lipinski definition) is 3. The monoisotopic (exact) mass is 732 g/mol. The summed E-state index contributed by atoms with van der Waals surface area (Å²) in [6, 6.07) is 46.4. The van der Waals surface area contributed by atoms with Crippen molar-refractivity contribution in [3.63, 3.8) is 0 Å². The maximum absolute atomic E-state index is 4.70. The first-order chi connectivity index (χ1) is 28.2. The maximum Gasteiger partial charge on any atom is 0.126 e. The minimum atomic E-state index is 0.0940. The highest BCUT2D eigenvalue weighted by molar-refractivity contribution is 6.04. The molecule has 3 aliphatic rings. The number of allylic oxidation sites excluding steroid dienone is 10. The van der Waals surface area contributed by atoms with Gasteiger partial charge in [0.25, 0.3) is 0 Å². The Hall–Kier alpha value is -7.22. The largest absolute Gasteiger partial charge is 0.337 e. The Morgan fingerprint density at radius 3 is 2.37 bits per heavy atom. The Bertz CT molecular complexity index is 2840. The fourth-order valence-corrected chi connectivity index (χ4v) is 8.98. The zero-order chi connectivity index (χ0) is 38.3. The summed E-state index contributed by atoms with van der Waals surface area (Å²) in [5, 5.41) is 0. The average Bonchev–Trinajstić information content (AvgIpc) is 3.80. The van der Waals surface area contributed by atoms with Gasteiger partial charge < -0.3 is 9.47 Å². The van der Waals surface area contributed by atoms with E-state index >= 15 is 0 Å². The van der Waals surface area contributed by atoms with Crippen LogP contribution in [0.3, 0.4) is 0 Å². The number of fused-ring (bicyclic) bond motifs is 4. The summed E-state index contributed by atoms with van der Waals surface area (Å²) in [4.78, 5) is 11.8. The van der Waals surface area contributed by atoms with Crippen LogP contribution in [0, 0.1) is 18.2 Å². The van der Waals surface area contributed by atoms with Gasteiger partial charge in [-0.1, -0.05) is 128 Å². The van der Waals surface area contributed by atoms with Crippen LogP contribution in [-0.2, 0) is 0 Å². The van der Waals surface area contributed by atoms with E-state index < -0.39 is 0 Å². The highest BCUT2D eigenvalue weighted by Gasteiger charge is 2.42. The molecule has 4 nitrogen and oxygen atoms in total. The lowest BCUT2D eigenvalue weighted by molar-refractivity contribution is 0.372. The Balaban J connectivity index is 1.10. The molecule has 0 spiro atoms. The van der Waals surface area contributed by atoms with Crippen LogP contribution in [0.2, 0.25) is 0 Å². The van der Waals surface area contributed by atoms with Crippen LogP contribution in [0.15, 0.2) is 200 Å². The van der Waals surface area contributed by atoms with E-state index in [1.165, 1.54) is 50.4 Å². The third-order valence-electron chi connectivity index (χ3n) is 11.5. The molecular weight excluding hydrogens is 693 g/mol. The van der Waals surface area contributed by atoms with Gasteiger partial charge in [-0.3, -0.25) is 4.98 Å². The summed E-state index contributed by atoms with van der Waals surface area (Å²) in [5.41, 5.74) is 18.0. The first kappa shape index (κ1) is 34.3. The molecule has 1 unspecified atom stereocenters. The Morgan fingerprint density at radius 1 is 0.807 bits per heavy atom. The van der Waals surface area contributed by atoms with Crippen molar-refractivity contribution in [2.75, 3.05) is 0 Å². The van der Waals surface area contributed by atoms with Crippen LogP contribution in [-0.4, -0.2) is 25.5 Å². The third kappa shape index (κ3) is 5.96. The topological polar surface area (TPSA) is 34.0 Å². The standard InChI is InChI=1S/C53H40N4/c1-3-45(42-22-13-25-44(34-42)57-49-26-14-30-54-52(49)53-50(57)27-15-31-55-53)51-46-35-41(28-29-48(46)56(47(51)4-2)43-23-9-6-10-24-43)40-21-12-20-39(33-40)38-19-11-18-37(32-38)36-16-7-5-8-17-36/h3-9,11-14,16-23,25-30,32-35,46,48H,1,10,24H2,2H3/b47-4+,51-45?/t46?,48-/m0/s1. The number of rotatable bonds is 7. The molecule has 0 N–H and O–H groups in total. The van der Waals surface area contributed by atoms with Crippen molar-refractivity contribution >= 4 is 33.2 Å². The van der Waals surface area contributed by atoms with E-state index in [2.05, 4.69) is 198 Å². The van der Waals surface area contributed by atoms with E-state index in [1.807, 2.05) is 18.3 Å². The first-order valence-electron chi connectivity index (χ1n) is 19.7. The summed E-state index contributed by atoms with van der Waals surface area (Å²) >= 11 is 0. The Labute approximate surface area is 334 Å². The van der Waals surface area contributed by atoms with Gasteiger partial charge in [0.05, 0.1) is 17.1 Å². The molecule has 4 aromatic carbocycles. The summed E-state index contributed by atoms with van der Waals surface area (Å²) in [5.74, 6) is 0.0940. The van der Waals surface area contributed by atoms with E-state index in [0.717, 1.165) is 51.7 Å². The predicted molar refractivity (Wildman–Crippen MR) is 235 cm³/mol. The second-order valence-corrected chi connectivity index (χ2v) is 14.7. The quantitative estimate of drug-likeness (QED) is 0.164. The molecule has 0 radical (unpaired) electrons. The highest BCUT2D eigenvalue weighted by Crippen LogP contribution is 2.49. The summed E-state index contributed by atoms with van der Waals surface area (Å²) in [6.45, 7) is 6.64. The van der Waals surface area contributed by atoms with Gasteiger partial charge in [0.2, 0.25) is 0 Å².